The van der Waals surface area contributed by atoms with Crippen LogP contribution in [-0.4, -0.2) is 20.6 Å². The molecule has 4 heteroatoms. The third kappa shape index (κ3) is 1.22. The van der Waals surface area contributed by atoms with Crippen molar-refractivity contribution in [3.8, 4) is 0 Å². The molecule has 1 saturated carbocycles. The Bertz CT molecular complexity index is 364. The number of aliphatic carboxylic acids is 1. The van der Waals surface area contributed by atoms with E-state index in [4.69, 9.17) is 5.11 Å². The van der Waals surface area contributed by atoms with Crippen molar-refractivity contribution >= 4 is 5.97 Å². The molecule has 1 aromatic rings. The lowest BCUT2D eigenvalue weighted by Gasteiger charge is -2.06. The maximum atomic E-state index is 11.0. The molecule has 0 aliphatic heterocycles. The number of imidazole rings is 1. The highest BCUT2D eigenvalue weighted by Crippen LogP contribution is 2.47. The minimum atomic E-state index is -0.744. The fourth-order valence-electron chi connectivity index (χ4n) is 1.57. The van der Waals surface area contributed by atoms with Gasteiger partial charge in [0.1, 0.15) is 5.41 Å². The van der Waals surface area contributed by atoms with Gasteiger partial charge in [0.25, 0.3) is 0 Å². The van der Waals surface area contributed by atoms with Crippen molar-refractivity contribution in [3.05, 3.63) is 18.2 Å². The van der Waals surface area contributed by atoms with Crippen LogP contribution < -0.4 is 0 Å². The average molecular weight is 194 g/mol. The summed E-state index contributed by atoms with van der Waals surface area (Å²) >= 11 is 0. The Kier molecular flexibility index (Phi) is 1.87. The first-order chi connectivity index (χ1) is 6.56. The van der Waals surface area contributed by atoms with Gasteiger partial charge in [-0.25, -0.2) is 4.98 Å². The molecule has 0 unspecified atom stereocenters. The summed E-state index contributed by atoms with van der Waals surface area (Å²) in [6.07, 6.45) is 5.00. The highest BCUT2D eigenvalue weighted by atomic mass is 16.4. The molecule has 76 valence electrons. The average Bonchev–Trinajstić information content (AvgIpc) is 2.77. The summed E-state index contributed by atoms with van der Waals surface area (Å²) in [5.41, 5.74) is 0.0406. The fraction of sp³-hybridized carbons (Fsp3) is 0.600. The number of carboxylic acid groups (broad SMARTS) is 1. The van der Waals surface area contributed by atoms with Crippen molar-refractivity contribution < 1.29 is 9.90 Å². The lowest BCUT2D eigenvalue weighted by Crippen LogP contribution is -2.19. The Balaban J connectivity index is 2.30. The minimum absolute atomic E-state index is 0.334. The molecule has 0 bridgehead atoms. The zero-order chi connectivity index (χ0) is 10.3. The quantitative estimate of drug-likeness (QED) is 0.794. The van der Waals surface area contributed by atoms with Gasteiger partial charge in [0.05, 0.1) is 12.0 Å². The van der Waals surface area contributed by atoms with Gasteiger partial charge < -0.3 is 9.67 Å². The molecule has 14 heavy (non-hydrogen) atoms. The van der Waals surface area contributed by atoms with Gasteiger partial charge in [-0.2, -0.15) is 0 Å². The molecule has 0 aromatic carbocycles. The third-order valence-corrected chi connectivity index (χ3v) is 2.85. The van der Waals surface area contributed by atoms with Crippen molar-refractivity contribution in [2.75, 3.05) is 0 Å². The van der Waals surface area contributed by atoms with Crippen molar-refractivity contribution in [1.29, 1.82) is 0 Å². The number of hydrogen-bond donors (Lipinski definition) is 1. The Labute approximate surface area is 82.6 Å². The van der Waals surface area contributed by atoms with E-state index in [1.807, 2.05) is 24.6 Å². The van der Waals surface area contributed by atoms with Crippen LogP contribution in [0.1, 0.15) is 38.4 Å². The topological polar surface area (TPSA) is 55.1 Å². The largest absolute Gasteiger partial charge is 0.481 e. The number of carbonyl (C=O) groups is 1. The zero-order valence-corrected chi connectivity index (χ0v) is 8.40. The highest BCUT2D eigenvalue weighted by Gasteiger charge is 2.53. The van der Waals surface area contributed by atoms with E-state index in [0.29, 0.717) is 11.7 Å². The van der Waals surface area contributed by atoms with E-state index in [1.54, 1.807) is 6.33 Å². The van der Waals surface area contributed by atoms with E-state index in [-0.39, 0.29) is 0 Å². The number of carboxylic acids is 1. The van der Waals surface area contributed by atoms with Gasteiger partial charge in [-0.1, -0.05) is 0 Å². The monoisotopic (exact) mass is 194 g/mol. The molecule has 0 spiro atoms. The van der Waals surface area contributed by atoms with E-state index in [1.165, 1.54) is 0 Å². The smallest absolute Gasteiger partial charge is 0.315 e. The van der Waals surface area contributed by atoms with E-state index < -0.39 is 11.4 Å². The molecule has 0 radical (unpaired) electrons. The summed E-state index contributed by atoms with van der Waals surface area (Å²) in [6.45, 7) is 4.09. The van der Waals surface area contributed by atoms with Crippen LogP contribution in [0.15, 0.2) is 12.5 Å². The van der Waals surface area contributed by atoms with Gasteiger partial charge in [0.15, 0.2) is 0 Å². The third-order valence-electron chi connectivity index (χ3n) is 2.85. The van der Waals surface area contributed by atoms with Crippen LogP contribution in [0, 0.1) is 0 Å². The maximum absolute atomic E-state index is 11.0. The highest BCUT2D eigenvalue weighted by molar-refractivity contribution is 5.84. The van der Waals surface area contributed by atoms with E-state index in [0.717, 1.165) is 12.8 Å². The first kappa shape index (κ1) is 9.24. The predicted molar refractivity (Wildman–Crippen MR) is 51.2 cm³/mol. The second kappa shape index (κ2) is 2.83. The first-order valence-corrected chi connectivity index (χ1v) is 4.83. The van der Waals surface area contributed by atoms with Gasteiger partial charge in [-0.05, 0) is 26.7 Å². The van der Waals surface area contributed by atoms with Crippen molar-refractivity contribution in [3.63, 3.8) is 0 Å². The van der Waals surface area contributed by atoms with Crippen LogP contribution >= 0.6 is 0 Å². The second-order valence-corrected chi connectivity index (χ2v) is 4.19. The van der Waals surface area contributed by atoms with Crippen LogP contribution in [0.2, 0.25) is 0 Å². The summed E-state index contributed by atoms with van der Waals surface area (Å²) in [6, 6.07) is 0.334. The zero-order valence-electron chi connectivity index (χ0n) is 8.40. The van der Waals surface area contributed by atoms with Gasteiger partial charge in [0.2, 0.25) is 0 Å². The molecule has 4 nitrogen and oxygen atoms in total. The van der Waals surface area contributed by atoms with Gasteiger partial charge >= 0.3 is 5.97 Å². The molecule has 1 heterocycles. The van der Waals surface area contributed by atoms with Crippen LogP contribution in [0.3, 0.4) is 0 Å². The Morgan fingerprint density at radius 1 is 1.64 bits per heavy atom. The van der Waals surface area contributed by atoms with Crippen LogP contribution in [0.5, 0.6) is 0 Å². The van der Waals surface area contributed by atoms with Gasteiger partial charge in [-0.3, -0.25) is 4.79 Å². The Morgan fingerprint density at radius 3 is 2.64 bits per heavy atom. The lowest BCUT2D eigenvalue weighted by atomic mass is 10.0. The molecule has 2 rings (SSSR count). The molecule has 0 atom stereocenters. The van der Waals surface area contributed by atoms with Crippen molar-refractivity contribution in [2.24, 2.45) is 0 Å². The number of rotatable bonds is 3. The molecule has 1 aromatic heterocycles. The van der Waals surface area contributed by atoms with Crippen LogP contribution in [-0.2, 0) is 10.2 Å². The van der Waals surface area contributed by atoms with Gasteiger partial charge in [-0.15, -0.1) is 0 Å². The summed E-state index contributed by atoms with van der Waals surface area (Å²) in [5.74, 6) is -0.744. The lowest BCUT2D eigenvalue weighted by molar-refractivity contribution is -0.140. The molecule has 1 N–H and O–H groups in total. The van der Waals surface area contributed by atoms with E-state index in [2.05, 4.69) is 4.98 Å². The number of aromatic nitrogens is 2. The molecule has 1 fully saturated rings. The van der Waals surface area contributed by atoms with E-state index in [9.17, 15) is 4.79 Å². The van der Waals surface area contributed by atoms with Crippen molar-refractivity contribution in [1.82, 2.24) is 9.55 Å². The van der Waals surface area contributed by atoms with Gasteiger partial charge in [0, 0.05) is 12.2 Å². The Hall–Kier alpha value is -1.32. The SMILES string of the molecule is CC(C)n1cnc(C2(C(=O)O)CC2)c1. The summed E-state index contributed by atoms with van der Waals surface area (Å²) in [7, 11) is 0. The molecule has 1 aliphatic carbocycles. The van der Waals surface area contributed by atoms with Crippen LogP contribution in [0.4, 0.5) is 0 Å². The second-order valence-electron chi connectivity index (χ2n) is 4.19. The molecular formula is C10H14N2O2. The summed E-state index contributed by atoms with van der Waals surface area (Å²) < 4.78 is 1.94. The molecule has 0 saturated heterocycles. The predicted octanol–water partition coefficient (Wildman–Crippen LogP) is 1.58. The Morgan fingerprint density at radius 2 is 2.29 bits per heavy atom. The fourth-order valence-corrected chi connectivity index (χ4v) is 1.57. The minimum Gasteiger partial charge on any atom is -0.481 e. The number of nitrogens with zero attached hydrogens (tertiary/aromatic N) is 2. The maximum Gasteiger partial charge on any atom is 0.315 e. The summed E-state index contributed by atoms with van der Waals surface area (Å²) in [4.78, 5) is 15.2. The normalized spacial score (nSPS) is 18.5. The van der Waals surface area contributed by atoms with E-state index >= 15 is 0 Å². The van der Waals surface area contributed by atoms with Crippen LogP contribution in [0.25, 0.3) is 0 Å². The number of hydrogen-bond acceptors (Lipinski definition) is 2. The molecular weight excluding hydrogens is 180 g/mol. The molecule has 0 amide bonds. The standard InChI is InChI=1S/C10H14N2O2/c1-7(2)12-5-8(11-6-12)10(3-4-10)9(13)14/h5-7H,3-4H2,1-2H3,(H,13,14). The first-order valence-electron chi connectivity index (χ1n) is 4.83. The molecule has 1 aliphatic rings. The van der Waals surface area contributed by atoms with Crippen molar-refractivity contribution in [2.45, 2.75) is 38.1 Å². The summed E-state index contributed by atoms with van der Waals surface area (Å²) in [5, 5.41) is 9.06.